The Kier molecular flexibility index (Phi) is 6.31. The molecule has 0 aliphatic carbocycles. The lowest BCUT2D eigenvalue weighted by molar-refractivity contribution is -0.133. The van der Waals surface area contributed by atoms with Crippen LogP contribution in [0, 0.1) is 5.92 Å². The van der Waals surface area contributed by atoms with Crippen LogP contribution in [-0.2, 0) is 16.0 Å². The molecule has 0 bridgehead atoms. The zero-order chi connectivity index (χ0) is 22.6. The van der Waals surface area contributed by atoms with Crippen LogP contribution in [0.15, 0.2) is 97.1 Å². The molecule has 166 valence electrons. The Hall–Kier alpha value is -3.31. The molecule has 0 aromatic heterocycles. The summed E-state index contributed by atoms with van der Waals surface area (Å²) in [6.45, 7) is 0.237. The lowest BCUT2D eigenvalue weighted by Gasteiger charge is -2.32. The van der Waals surface area contributed by atoms with E-state index in [0.29, 0.717) is 12.2 Å². The minimum Gasteiger partial charge on any atom is -0.447 e. The second-order valence-electron chi connectivity index (χ2n) is 8.38. The maximum Gasteiger partial charge on any atom is 0.416 e. The molecule has 0 unspecified atom stereocenters. The monoisotopic (exact) mass is 455 g/mol. The van der Waals surface area contributed by atoms with Crippen molar-refractivity contribution in [1.29, 1.82) is 0 Å². The summed E-state index contributed by atoms with van der Waals surface area (Å²) in [6.07, 6.45) is 2.25. The number of cyclic esters (lactones) is 1. The van der Waals surface area contributed by atoms with E-state index in [1.165, 1.54) is 9.81 Å². The highest BCUT2D eigenvalue weighted by atomic mass is 32.2. The molecule has 2 aliphatic heterocycles. The fraction of sp³-hybridized carbons (Fsp3) is 0.214. The molecule has 4 nitrogen and oxygen atoms in total. The fourth-order valence-corrected chi connectivity index (χ4v) is 5.82. The van der Waals surface area contributed by atoms with Crippen LogP contribution in [0.1, 0.15) is 22.6 Å². The van der Waals surface area contributed by atoms with Gasteiger partial charge >= 0.3 is 6.09 Å². The lowest BCUT2D eigenvalue weighted by Crippen LogP contribution is -2.46. The van der Waals surface area contributed by atoms with Gasteiger partial charge in [0.25, 0.3) is 0 Å². The Bertz CT molecular complexity index is 1150. The quantitative estimate of drug-likeness (QED) is 0.490. The molecule has 2 aliphatic rings. The Labute approximate surface area is 198 Å². The van der Waals surface area contributed by atoms with E-state index in [1.807, 2.05) is 66.7 Å². The van der Waals surface area contributed by atoms with E-state index in [-0.39, 0.29) is 30.4 Å². The average molecular weight is 456 g/mol. The van der Waals surface area contributed by atoms with Crippen LogP contribution >= 0.6 is 11.8 Å². The van der Waals surface area contributed by atoms with E-state index in [0.717, 1.165) is 16.7 Å². The molecule has 5 rings (SSSR count). The first kappa shape index (κ1) is 21.5. The fourth-order valence-electron chi connectivity index (χ4n) is 4.57. The third kappa shape index (κ3) is 4.60. The minimum absolute atomic E-state index is 0.110. The summed E-state index contributed by atoms with van der Waals surface area (Å²) in [5.74, 6) is 0.0129. The number of benzene rings is 3. The topological polar surface area (TPSA) is 46.6 Å². The van der Waals surface area contributed by atoms with Gasteiger partial charge in [-0.25, -0.2) is 9.69 Å². The number of rotatable bonds is 5. The molecular formula is C28H25NO3S. The number of allylic oxidation sites excluding steroid dienone is 1. The van der Waals surface area contributed by atoms with Gasteiger partial charge in [-0.1, -0.05) is 97.1 Å². The Balaban J connectivity index is 1.45. The maximum absolute atomic E-state index is 13.8. The summed E-state index contributed by atoms with van der Waals surface area (Å²) < 4.78 is 5.34. The number of ether oxygens (including phenoxy) is 1. The number of amides is 2. The zero-order valence-electron chi connectivity index (χ0n) is 18.2. The maximum atomic E-state index is 13.8. The molecule has 3 aromatic rings. The summed E-state index contributed by atoms with van der Waals surface area (Å²) in [5.41, 5.74) is 3.32. The van der Waals surface area contributed by atoms with E-state index in [9.17, 15) is 9.59 Å². The van der Waals surface area contributed by atoms with Gasteiger partial charge in [-0.05, 0) is 23.1 Å². The van der Waals surface area contributed by atoms with Gasteiger partial charge in [-0.2, -0.15) is 0 Å². The molecule has 2 heterocycles. The van der Waals surface area contributed by atoms with Crippen molar-refractivity contribution in [2.24, 2.45) is 5.92 Å². The Morgan fingerprint density at radius 1 is 0.909 bits per heavy atom. The highest BCUT2D eigenvalue weighted by Gasteiger charge is 2.44. The first-order valence-corrected chi connectivity index (χ1v) is 12.2. The molecule has 0 N–H and O–H groups in total. The lowest BCUT2D eigenvalue weighted by atomic mass is 9.84. The van der Waals surface area contributed by atoms with E-state index in [4.69, 9.17) is 4.74 Å². The largest absolute Gasteiger partial charge is 0.447 e. The van der Waals surface area contributed by atoms with Gasteiger partial charge in [0.2, 0.25) is 5.91 Å². The Morgan fingerprint density at radius 2 is 1.55 bits per heavy atom. The standard InChI is InChI=1S/C28H25NO3S/c30-27(29-23(18-32-28(29)31)16-20-10-4-1-5-11-20)25-19-33-26(22-14-8-3-9-15-22)17-24(25)21-12-6-2-7-13-21/h1-15,17,23-25H,16,18-19H2/t23-,24+,25-/m0/s1. The van der Waals surface area contributed by atoms with Gasteiger partial charge < -0.3 is 4.74 Å². The van der Waals surface area contributed by atoms with Crippen LogP contribution in [0.2, 0.25) is 0 Å². The third-order valence-electron chi connectivity index (χ3n) is 6.26. The van der Waals surface area contributed by atoms with E-state index in [2.05, 4.69) is 30.3 Å². The molecule has 0 spiro atoms. The average Bonchev–Trinajstić information content (AvgIpc) is 3.24. The number of nitrogens with zero attached hydrogens (tertiary/aromatic N) is 1. The predicted octanol–water partition coefficient (Wildman–Crippen LogP) is 5.76. The number of imide groups is 1. The first-order valence-electron chi connectivity index (χ1n) is 11.2. The molecule has 0 saturated carbocycles. The van der Waals surface area contributed by atoms with Crippen molar-refractivity contribution in [3.63, 3.8) is 0 Å². The molecule has 1 fully saturated rings. The molecule has 33 heavy (non-hydrogen) atoms. The zero-order valence-corrected chi connectivity index (χ0v) is 19.0. The molecular weight excluding hydrogens is 430 g/mol. The SMILES string of the molecule is O=C1OC[C@H](Cc2ccccc2)N1C(=O)[C@H]1CSC(c2ccccc2)=C[C@@H]1c1ccccc1. The van der Waals surface area contributed by atoms with Gasteiger partial charge in [0.1, 0.15) is 6.61 Å². The van der Waals surface area contributed by atoms with Crippen molar-refractivity contribution in [3.8, 4) is 0 Å². The molecule has 2 amide bonds. The molecule has 3 aromatic carbocycles. The smallest absolute Gasteiger partial charge is 0.416 e. The van der Waals surface area contributed by atoms with Crippen LogP contribution in [0.3, 0.4) is 0 Å². The highest BCUT2D eigenvalue weighted by molar-refractivity contribution is 8.08. The number of carbonyl (C=O) groups is 2. The van der Waals surface area contributed by atoms with Crippen molar-refractivity contribution in [3.05, 3.63) is 114 Å². The molecule has 0 radical (unpaired) electrons. The summed E-state index contributed by atoms with van der Waals surface area (Å²) >= 11 is 1.68. The van der Waals surface area contributed by atoms with Crippen LogP contribution in [0.4, 0.5) is 4.79 Å². The summed E-state index contributed by atoms with van der Waals surface area (Å²) in [7, 11) is 0. The number of carbonyl (C=O) groups excluding carboxylic acids is 2. The van der Waals surface area contributed by atoms with Crippen molar-refractivity contribution in [1.82, 2.24) is 4.90 Å². The van der Waals surface area contributed by atoms with Gasteiger partial charge in [-0.3, -0.25) is 4.79 Å². The number of hydrogen-bond donors (Lipinski definition) is 0. The van der Waals surface area contributed by atoms with Crippen LogP contribution in [-0.4, -0.2) is 35.3 Å². The molecule has 5 heteroatoms. The predicted molar refractivity (Wildman–Crippen MR) is 132 cm³/mol. The van der Waals surface area contributed by atoms with Gasteiger partial charge in [-0.15, -0.1) is 11.8 Å². The van der Waals surface area contributed by atoms with Crippen LogP contribution in [0.5, 0.6) is 0 Å². The van der Waals surface area contributed by atoms with E-state index >= 15 is 0 Å². The normalized spacial score (nSPS) is 22.5. The Morgan fingerprint density at radius 3 is 2.24 bits per heavy atom. The number of hydrogen-bond acceptors (Lipinski definition) is 4. The highest BCUT2D eigenvalue weighted by Crippen LogP contribution is 2.43. The summed E-state index contributed by atoms with van der Waals surface area (Å²) in [5, 5.41) is 0. The first-order chi connectivity index (χ1) is 16.2. The van der Waals surface area contributed by atoms with E-state index < -0.39 is 6.09 Å². The van der Waals surface area contributed by atoms with Gasteiger partial charge in [0.15, 0.2) is 0 Å². The summed E-state index contributed by atoms with van der Waals surface area (Å²) in [4.78, 5) is 29.0. The second kappa shape index (κ2) is 9.67. The molecule has 1 saturated heterocycles. The van der Waals surface area contributed by atoms with Gasteiger partial charge in [0, 0.05) is 16.6 Å². The van der Waals surface area contributed by atoms with Gasteiger partial charge in [0.05, 0.1) is 12.0 Å². The number of thioether (sulfide) groups is 1. The third-order valence-corrected chi connectivity index (χ3v) is 7.46. The minimum atomic E-state index is -0.532. The van der Waals surface area contributed by atoms with Crippen molar-refractivity contribution < 1.29 is 14.3 Å². The van der Waals surface area contributed by atoms with Crippen LogP contribution in [0.25, 0.3) is 4.91 Å². The van der Waals surface area contributed by atoms with Crippen LogP contribution < -0.4 is 0 Å². The molecule has 3 atom stereocenters. The second-order valence-corrected chi connectivity index (χ2v) is 9.44. The van der Waals surface area contributed by atoms with Crippen molar-refractivity contribution >= 4 is 28.7 Å². The summed E-state index contributed by atoms with van der Waals surface area (Å²) in [6, 6.07) is 30.0. The van der Waals surface area contributed by atoms with Crippen molar-refractivity contribution in [2.45, 2.75) is 18.4 Å². The van der Waals surface area contributed by atoms with Crippen molar-refractivity contribution in [2.75, 3.05) is 12.4 Å². The van der Waals surface area contributed by atoms with E-state index in [1.54, 1.807) is 11.8 Å².